The number of allylic oxidation sites excluding steroid dienone is 4. The van der Waals surface area contributed by atoms with E-state index in [1.54, 1.807) is 19.1 Å². The molecule has 1 unspecified atom stereocenters. The molecule has 0 aliphatic heterocycles. The van der Waals surface area contributed by atoms with E-state index in [2.05, 4.69) is 4.52 Å². The smallest absolute Gasteiger partial charge is 0.393 e. The molecule has 0 radical (unpaired) electrons. The fraction of sp³-hybridized carbons (Fsp3) is 0.714. The Morgan fingerprint density at radius 1 is 1.20 bits per heavy atom. The van der Waals surface area contributed by atoms with Crippen LogP contribution < -0.4 is 0 Å². The quantitative estimate of drug-likeness (QED) is 0.486. The van der Waals surface area contributed by atoms with Crippen molar-refractivity contribution in [1.82, 2.24) is 0 Å². The largest absolute Gasteiger partial charge is 0.469 e. The van der Waals surface area contributed by atoms with Crippen molar-refractivity contribution >= 4 is 19.4 Å². The number of aliphatic hydroxyl groups excluding tert-OH is 1. The summed E-state index contributed by atoms with van der Waals surface area (Å²) < 4.78 is 15.9. The highest BCUT2D eigenvalue weighted by Crippen LogP contribution is 2.65. The second kappa shape index (κ2) is 6.92. The lowest BCUT2D eigenvalue weighted by Crippen LogP contribution is -2.68. The molecule has 4 rings (SSSR count). The molecule has 30 heavy (non-hydrogen) atoms. The van der Waals surface area contributed by atoms with Crippen LogP contribution in [-0.4, -0.2) is 49.9 Å². The molecule has 4 N–H and O–H groups in total. The zero-order valence-electron chi connectivity index (χ0n) is 17.2. The Morgan fingerprint density at radius 3 is 2.57 bits per heavy atom. The molecule has 8 nitrogen and oxygen atoms in total. The molecule has 0 saturated heterocycles. The number of carbonyl (C=O) groups is 2. The molecule has 0 spiro atoms. The van der Waals surface area contributed by atoms with E-state index in [0.29, 0.717) is 19.3 Å². The third-order valence-corrected chi connectivity index (χ3v) is 8.88. The van der Waals surface area contributed by atoms with Gasteiger partial charge in [-0.1, -0.05) is 25.5 Å². The van der Waals surface area contributed by atoms with Crippen LogP contribution in [-0.2, 0) is 18.7 Å². The summed E-state index contributed by atoms with van der Waals surface area (Å²) in [6.45, 7) is 2.96. The Bertz CT molecular complexity index is 889. The minimum Gasteiger partial charge on any atom is -0.393 e. The van der Waals surface area contributed by atoms with Gasteiger partial charge >= 0.3 is 7.82 Å². The SMILES string of the molecule is C[C@]12C=CC(=O)C=C1CC[C@H]1C3CCC(=O)[C@@](O)(COP(=O)(O)O)[C@@]3(C)C[C@H](O)[C@@H]12. The van der Waals surface area contributed by atoms with Crippen molar-refractivity contribution < 1.29 is 38.7 Å². The first kappa shape index (κ1) is 22.1. The number of hydrogen-bond donors (Lipinski definition) is 4. The number of aliphatic hydroxyl groups is 2. The van der Waals surface area contributed by atoms with Gasteiger partial charge in [0.15, 0.2) is 17.2 Å². The average molecular weight is 440 g/mol. The Labute approximate surface area is 175 Å². The van der Waals surface area contributed by atoms with Gasteiger partial charge in [0.1, 0.15) is 0 Å². The summed E-state index contributed by atoms with van der Waals surface area (Å²) in [7, 11) is -4.88. The molecular formula is C21H29O8P. The van der Waals surface area contributed by atoms with E-state index >= 15 is 0 Å². The van der Waals surface area contributed by atoms with E-state index in [1.807, 2.05) is 13.0 Å². The first-order valence-corrected chi connectivity index (χ1v) is 11.9. The Hall–Kier alpha value is -1.15. The van der Waals surface area contributed by atoms with Gasteiger partial charge in [-0.3, -0.25) is 14.1 Å². The number of ketones is 2. The second-order valence-electron chi connectivity index (χ2n) is 9.80. The minimum absolute atomic E-state index is 0.00608. The maximum absolute atomic E-state index is 12.8. The van der Waals surface area contributed by atoms with Gasteiger partial charge in [-0.05, 0) is 49.7 Å². The lowest BCUT2D eigenvalue weighted by Gasteiger charge is -2.63. The average Bonchev–Trinajstić information content (AvgIpc) is 2.64. The van der Waals surface area contributed by atoms with Crippen LogP contribution >= 0.6 is 7.82 Å². The Morgan fingerprint density at radius 2 is 1.90 bits per heavy atom. The van der Waals surface area contributed by atoms with Crippen LogP contribution in [0.25, 0.3) is 0 Å². The number of Topliss-reactive ketones (excluding diaryl/α,β-unsaturated/α-hetero) is 1. The number of rotatable bonds is 3. The molecular weight excluding hydrogens is 411 g/mol. The van der Waals surface area contributed by atoms with Crippen LogP contribution in [0.4, 0.5) is 0 Å². The van der Waals surface area contributed by atoms with Gasteiger partial charge in [0, 0.05) is 23.2 Å². The van der Waals surface area contributed by atoms with Crippen molar-refractivity contribution in [3.63, 3.8) is 0 Å². The van der Waals surface area contributed by atoms with Crippen molar-refractivity contribution in [3.8, 4) is 0 Å². The highest BCUT2D eigenvalue weighted by Gasteiger charge is 2.67. The lowest BCUT2D eigenvalue weighted by molar-refractivity contribution is -0.218. The summed E-state index contributed by atoms with van der Waals surface area (Å²) >= 11 is 0. The number of phosphoric ester groups is 1. The summed E-state index contributed by atoms with van der Waals surface area (Å²) in [5.74, 6) is -0.860. The maximum Gasteiger partial charge on any atom is 0.469 e. The van der Waals surface area contributed by atoms with Crippen LogP contribution in [0.3, 0.4) is 0 Å². The molecule has 7 atom stereocenters. The molecule has 0 bridgehead atoms. The third-order valence-electron chi connectivity index (χ3n) is 8.42. The Kier molecular flexibility index (Phi) is 5.09. The topological polar surface area (TPSA) is 141 Å². The van der Waals surface area contributed by atoms with E-state index in [-0.39, 0.29) is 36.4 Å². The van der Waals surface area contributed by atoms with E-state index < -0.39 is 42.7 Å². The second-order valence-corrected chi connectivity index (χ2v) is 11.0. The molecule has 0 amide bonds. The zero-order chi connectivity index (χ0) is 22.1. The first-order valence-electron chi connectivity index (χ1n) is 10.4. The monoisotopic (exact) mass is 440 g/mol. The van der Waals surface area contributed by atoms with Gasteiger partial charge in [-0.25, -0.2) is 4.57 Å². The molecule has 4 aliphatic rings. The van der Waals surface area contributed by atoms with Gasteiger partial charge in [0.05, 0.1) is 12.7 Å². The number of phosphoric acid groups is 1. The fourth-order valence-corrected chi connectivity index (χ4v) is 7.27. The zero-order valence-corrected chi connectivity index (χ0v) is 18.0. The van der Waals surface area contributed by atoms with Crippen LogP contribution in [0, 0.1) is 28.6 Å². The Balaban J connectivity index is 1.72. The van der Waals surface area contributed by atoms with E-state index in [0.717, 1.165) is 5.57 Å². The molecule has 3 saturated carbocycles. The van der Waals surface area contributed by atoms with Crippen molar-refractivity contribution in [3.05, 3.63) is 23.8 Å². The van der Waals surface area contributed by atoms with E-state index in [9.17, 15) is 24.4 Å². The van der Waals surface area contributed by atoms with Gasteiger partial charge in [-0.15, -0.1) is 0 Å². The van der Waals surface area contributed by atoms with Crippen molar-refractivity contribution in [2.24, 2.45) is 28.6 Å². The predicted octanol–water partition coefficient (Wildman–Crippen LogP) is 1.67. The third kappa shape index (κ3) is 3.12. The maximum atomic E-state index is 12.8. The van der Waals surface area contributed by atoms with Crippen LogP contribution in [0.2, 0.25) is 0 Å². The molecule has 166 valence electrons. The highest BCUT2D eigenvalue weighted by molar-refractivity contribution is 7.46. The van der Waals surface area contributed by atoms with Crippen LogP contribution in [0.15, 0.2) is 23.8 Å². The van der Waals surface area contributed by atoms with E-state index in [1.165, 1.54) is 0 Å². The number of hydrogen-bond acceptors (Lipinski definition) is 6. The van der Waals surface area contributed by atoms with Crippen LogP contribution in [0.5, 0.6) is 0 Å². The molecule has 9 heteroatoms. The molecule has 4 aliphatic carbocycles. The number of carbonyl (C=O) groups excluding carboxylic acids is 2. The molecule has 0 aromatic rings. The fourth-order valence-electron chi connectivity index (χ4n) is 6.92. The summed E-state index contributed by atoms with van der Waals surface area (Å²) in [5.41, 5.74) is -2.63. The normalized spacial score (nSPS) is 46.0. The predicted molar refractivity (Wildman–Crippen MR) is 106 cm³/mol. The summed E-state index contributed by atoms with van der Waals surface area (Å²) in [5, 5.41) is 22.7. The van der Waals surface area contributed by atoms with Gasteiger partial charge in [0.25, 0.3) is 0 Å². The molecule has 3 fully saturated rings. The summed E-state index contributed by atoms with van der Waals surface area (Å²) in [4.78, 5) is 42.9. The molecule has 0 aromatic carbocycles. The number of fused-ring (bicyclic) bond motifs is 5. The van der Waals surface area contributed by atoms with E-state index in [4.69, 9.17) is 9.79 Å². The van der Waals surface area contributed by atoms with Crippen molar-refractivity contribution in [1.29, 1.82) is 0 Å². The van der Waals surface area contributed by atoms with Gasteiger partial charge in [-0.2, -0.15) is 0 Å². The van der Waals surface area contributed by atoms with Gasteiger partial charge in [0.2, 0.25) is 0 Å². The standard InChI is InChI=1S/C21H29O8P/c1-19-8-7-13(22)9-12(19)3-4-14-15-5-6-17(24)21(25,11-29-30(26,27)28)20(15,2)10-16(23)18(14)19/h7-9,14-16,18,23,25H,3-6,10-11H2,1-2H3,(H2,26,27,28)/t14-,15?,16-,18+,19-,20-,21-/m0/s1. The highest BCUT2D eigenvalue weighted by atomic mass is 31.2. The molecule has 0 aromatic heterocycles. The van der Waals surface area contributed by atoms with Crippen molar-refractivity contribution in [2.45, 2.75) is 57.7 Å². The van der Waals surface area contributed by atoms with Crippen LogP contribution in [0.1, 0.15) is 46.0 Å². The molecule has 0 heterocycles. The van der Waals surface area contributed by atoms with Gasteiger partial charge < -0.3 is 20.0 Å². The van der Waals surface area contributed by atoms with Crippen molar-refractivity contribution in [2.75, 3.05) is 6.61 Å². The first-order chi connectivity index (χ1) is 13.8. The lowest BCUT2D eigenvalue weighted by atomic mass is 9.42. The minimum atomic E-state index is -4.88. The summed E-state index contributed by atoms with van der Waals surface area (Å²) in [6.07, 6.45) is 6.38. The summed E-state index contributed by atoms with van der Waals surface area (Å²) in [6, 6.07) is 0.